The number of benzene rings is 1. The Morgan fingerprint density at radius 2 is 1.97 bits per heavy atom. The quantitative estimate of drug-likeness (QED) is 0.512. The van der Waals surface area contributed by atoms with Crippen LogP contribution in [0.3, 0.4) is 0 Å². The molecule has 2 aromatic heterocycles. The Bertz CT molecular complexity index is 1230. The van der Waals surface area contributed by atoms with Gasteiger partial charge in [0.25, 0.3) is 5.91 Å². The van der Waals surface area contributed by atoms with Gasteiger partial charge in [-0.15, -0.1) is 0 Å². The second kappa shape index (κ2) is 7.91. The van der Waals surface area contributed by atoms with Gasteiger partial charge in [0.15, 0.2) is 5.65 Å². The monoisotopic (exact) mass is 410 g/mol. The van der Waals surface area contributed by atoms with E-state index in [9.17, 15) is 9.59 Å². The molecule has 3 heterocycles. The van der Waals surface area contributed by atoms with E-state index in [0.717, 1.165) is 5.39 Å². The molecule has 1 aliphatic rings. The molecule has 1 atom stereocenters. The second-order valence-corrected chi connectivity index (χ2v) is 7.70. The van der Waals surface area contributed by atoms with Crippen molar-refractivity contribution in [3.05, 3.63) is 64.8 Å². The van der Waals surface area contributed by atoms with E-state index in [0.29, 0.717) is 22.6 Å². The summed E-state index contributed by atoms with van der Waals surface area (Å²) in [4.78, 5) is 36.4. The first kappa shape index (κ1) is 16.1. The molecular weight excluding hydrogens is 386 g/mol. The molecule has 0 saturated heterocycles. The summed E-state index contributed by atoms with van der Waals surface area (Å²) in [7, 11) is 0. The Morgan fingerprint density at radius 3 is 2.76 bits per heavy atom. The van der Waals surface area contributed by atoms with Gasteiger partial charge in [-0.05, 0) is 48.2 Å². The number of ketones is 1. The SMILES string of the molecule is [2H]C(C)(C)CC([2H])([2H])C(=O)C[C@H]1c2ccccc2C(=O)N1c1ccc2ccc(Cl)nc2n1. The van der Waals surface area contributed by atoms with Crippen LogP contribution in [-0.2, 0) is 4.79 Å². The molecule has 0 bridgehead atoms. The van der Waals surface area contributed by atoms with Crippen molar-refractivity contribution >= 4 is 40.1 Å². The van der Waals surface area contributed by atoms with Gasteiger partial charge >= 0.3 is 0 Å². The van der Waals surface area contributed by atoms with Crippen LogP contribution in [0.1, 0.15) is 59.1 Å². The molecule has 5 nitrogen and oxygen atoms in total. The molecule has 1 aromatic carbocycles. The van der Waals surface area contributed by atoms with Gasteiger partial charge in [0.2, 0.25) is 0 Å². The minimum atomic E-state index is -2.19. The van der Waals surface area contributed by atoms with Crippen molar-refractivity contribution in [1.82, 2.24) is 9.97 Å². The zero-order valence-corrected chi connectivity index (χ0v) is 16.9. The fourth-order valence-corrected chi connectivity index (χ4v) is 3.62. The summed E-state index contributed by atoms with van der Waals surface area (Å²) in [6.07, 6.45) is -2.66. The molecule has 29 heavy (non-hydrogen) atoms. The number of carbonyl (C=O) groups excluding carboxylic acids is 2. The molecule has 0 aliphatic carbocycles. The molecule has 0 radical (unpaired) electrons. The number of Topliss-reactive ketones (excluding diaryl/α,β-unsaturated/α-hetero) is 1. The number of nitrogens with zero attached hydrogens (tertiary/aromatic N) is 3. The van der Waals surface area contributed by atoms with E-state index < -0.39 is 24.1 Å². The number of pyridine rings is 2. The average Bonchev–Trinajstić information content (AvgIpc) is 2.97. The molecule has 148 valence electrons. The zero-order valence-electron chi connectivity index (χ0n) is 19.1. The fraction of sp³-hybridized carbons (Fsp3) is 0.304. The van der Waals surface area contributed by atoms with Crippen molar-refractivity contribution in [3.8, 4) is 0 Å². The summed E-state index contributed by atoms with van der Waals surface area (Å²) < 4.78 is 24.5. The highest BCUT2D eigenvalue weighted by Gasteiger charge is 2.39. The lowest BCUT2D eigenvalue weighted by atomic mass is 9.97. The minimum Gasteiger partial charge on any atom is -0.300 e. The lowest BCUT2D eigenvalue weighted by molar-refractivity contribution is -0.119. The largest absolute Gasteiger partial charge is 0.300 e. The highest BCUT2D eigenvalue weighted by Crippen LogP contribution is 2.39. The number of hydrogen-bond donors (Lipinski definition) is 0. The lowest BCUT2D eigenvalue weighted by Crippen LogP contribution is -2.30. The van der Waals surface area contributed by atoms with Crippen LogP contribution in [0.2, 0.25) is 5.15 Å². The topological polar surface area (TPSA) is 63.2 Å². The van der Waals surface area contributed by atoms with Crippen molar-refractivity contribution in [2.24, 2.45) is 5.89 Å². The van der Waals surface area contributed by atoms with Gasteiger partial charge in [0.1, 0.15) is 16.8 Å². The smallest absolute Gasteiger partial charge is 0.260 e. The van der Waals surface area contributed by atoms with Crippen molar-refractivity contribution in [3.63, 3.8) is 0 Å². The first-order valence-corrected chi connectivity index (χ1v) is 9.73. The normalized spacial score (nSPS) is 18.3. The van der Waals surface area contributed by atoms with E-state index in [1.807, 2.05) is 0 Å². The van der Waals surface area contributed by atoms with Gasteiger partial charge in [0, 0.05) is 27.9 Å². The number of carbonyl (C=O) groups is 2. The number of rotatable bonds is 6. The van der Waals surface area contributed by atoms with E-state index in [1.54, 1.807) is 62.4 Å². The first-order chi connectivity index (χ1) is 15.0. The van der Waals surface area contributed by atoms with Crippen molar-refractivity contribution in [2.45, 2.75) is 39.1 Å². The van der Waals surface area contributed by atoms with E-state index in [-0.39, 0.29) is 23.9 Å². The van der Waals surface area contributed by atoms with Crippen LogP contribution < -0.4 is 4.90 Å². The Kier molecular flexibility index (Phi) is 4.38. The maximum absolute atomic E-state index is 13.3. The highest BCUT2D eigenvalue weighted by molar-refractivity contribution is 6.29. The van der Waals surface area contributed by atoms with Crippen molar-refractivity contribution < 1.29 is 13.7 Å². The summed E-state index contributed by atoms with van der Waals surface area (Å²) in [5.41, 5.74) is 1.47. The summed E-state index contributed by atoms with van der Waals surface area (Å²) in [5, 5.41) is 1.03. The van der Waals surface area contributed by atoms with Crippen molar-refractivity contribution in [2.75, 3.05) is 4.90 Å². The third-order valence-electron chi connectivity index (χ3n) is 4.85. The number of amides is 1. The Labute approximate surface area is 178 Å². The lowest BCUT2D eigenvalue weighted by Gasteiger charge is -2.24. The van der Waals surface area contributed by atoms with E-state index in [1.165, 1.54) is 4.90 Å². The number of hydrogen-bond acceptors (Lipinski definition) is 4. The molecule has 0 saturated carbocycles. The molecule has 4 rings (SSSR count). The Morgan fingerprint density at radius 1 is 1.21 bits per heavy atom. The summed E-state index contributed by atoms with van der Waals surface area (Å²) in [6.45, 7) is 3.13. The average molecular weight is 411 g/mol. The molecule has 0 unspecified atom stereocenters. The molecule has 1 aliphatic heterocycles. The van der Waals surface area contributed by atoms with Gasteiger partial charge in [-0.1, -0.05) is 43.6 Å². The van der Waals surface area contributed by atoms with Crippen LogP contribution in [0.15, 0.2) is 48.5 Å². The maximum atomic E-state index is 13.3. The Hall–Kier alpha value is -2.79. The maximum Gasteiger partial charge on any atom is 0.260 e. The third-order valence-corrected chi connectivity index (χ3v) is 5.06. The fourth-order valence-electron chi connectivity index (χ4n) is 3.48. The van der Waals surface area contributed by atoms with Crippen LogP contribution in [0, 0.1) is 5.89 Å². The van der Waals surface area contributed by atoms with Crippen LogP contribution in [0.25, 0.3) is 11.0 Å². The predicted molar refractivity (Wildman–Crippen MR) is 114 cm³/mol. The standard InChI is InChI=1S/C23H22ClN3O2/c1-14(2)7-10-16(28)13-19-17-5-3-4-6-18(17)23(29)27(19)21-12-9-15-8-11-20(24)25-22(15)26-21/h3-6,8-9,11-12,14,19H,7,10,13H2,1-2H3/t19-/m0/s1/i10D2,14D. The van der Waals surface area contributed by atoms with Gasteiger partial charge in [0.05, 0.1) is 6.04 Å². The third kappa shape index (κ3) is 3.87. The number of halogens is 1. The Balaban J connectivity index is 1.74. The summed E-state index contributed by atoms with van der Waals surface area (Å²) in [5.74, 6) is -1.76. The molecule has 0 spiro atoms. The zero-order chi connectivity index (χ0) is 23.3. The second-order valence-electron chi connectivity index (χ2n) is 7.32. The minimum absolute atomic E-state index is 0.228. The van der Waals surface area contributed by atoms with Crippen molar-refractivity contribution in [1.29, 1.82) is 0 Å². The highest BCUT2D eigenvalue weighted by atomic mass is 35.5. The predicted octanol–water partition coefficient (Wildman–Crippen LogP) is 5.38. The van der Waals surface area contributed by atoms with E-state index >= 15 is 0 Å². The number of aromatic nitrogens is 2. The van der Waals surface area contributed by atoms with Crippen LogP contribution >= 0.6 is 11.6 Å². The van der Waals surface area contributed by atoms with Gasteiger partial charge < -0.3 is 0 Å². The molecule has 0 N–H and O–H groups in total. The van der Waals surface area contributed by atoms with E-state index in [2.05, 4.69) is 9.97 Å². The molecule has 6 heteroatoms. The van der Waals surface area contributed by atoms with E-state index in [4.69, 9.17) is 15.7 Å². The molecule has 1 amide bonds. The summed E-state index contributed by atoms with van der Waals surface area (Å²) >= 11 is 6.00. The van der Waals surface area contributed by atoms with Gasteiger partial charge in [-0.3, -0.25) is 14.5 Å². The molecule has 3 aromatic rings. The number of anilines is 1. The number of fused-ring (bicyclic) bond motifs is 2. The molecule has 0 fully saturated rings. The van der Waals surface area contributed by atoms with Gasteiger partial charge in [-0.2, -0.15) is 0 Å². The van der Waals surface area contributed by atoms with Crippen LogP contribution in [-0.4, -0.2) is 21.7 Å². The van der Waals surface area contributed by atoms with Crippen LogP contribution in [0.5, 0.6) is 0 Å². The summed E-state index contributed by atoms with van der Waals surface area (Å²) in [6, 6.07) is 13.2. The van der Waals surface area contributed by atoms with Crippen LogP contribution in [0.4, 0.5) is 5.82 Å². The van der Waals surface area contributed by atoms with Gasteiger partial charge in [-0.25, -0.2) is 9.97 Å². The molecular formula is C23H22ClN3O2. The first-order valence-electron chi connectivity index (χ1n) is 10.9.